The molecule has 0 aliphatic rings. The van der Waals surface area contributed by atoms with Gasteiger partial charge in [0, 0.05) is 15.5 Å². The molecular formula is C16H16Br2ClNO. The standard InChI is InChI=1S/C16H16Br2ClNO/c1-3-21-16-14(18)8-13(19)9-15(16)20-10(2)11-4-6-12(17)7-5-11/h4-10,20H,3H2,1-2H3. The van der Waals surface area contributed by atoms with Crippen molar-refractivity contribution in [3.63, 3.8) is 0 Å². The van der Waals surface area contributed by atoms with Crippen LogP contribution in [0.25, 0.3) is 0 Å². The van der Waals surface area contributed by atoms with Crippen molar-refractivity contribution in [3.05, 3.63) is 55.9 Å². The Morgan fingerprint density at radius 3 is 2.48 bits per heavy atom. The Kier molecular flexibility index (Phi) is 5.97. The minimum atomic E-state index is 0.141. The van der Waals surface area contributed by atoms with E-state index in [9.17, 15) is 0 Å². The first kappa shape index (κ1) is 16.7. The molecule has 0 heterocycles. The van der Waals surface area contributed by atoms with E-state index in [1.807, 2.05) is 31.2 Å². The summed E-state index contributed by atoms with van der Waals surface area (Å²) in [6, 6.07) is 12.1. The number of anilines is 1. The van der Waals surface area contributed by atoms with Crippen LogP contribution < -0.4 is 10.1 Å². The molecule has 1 N–H and O–H groups in total. The lowest BCUT2D eigenvalue weighted by Gasteiger charge is -2.20. The molecule has 0 saturated carbocycles. The lowest BCUT2D eigenvalue weighted by Crippen LogP contribution is -2.08. The largest absolute Gasteiger partial charge is 0.491 e. The summed E-state index contributed by atoms with van der Waals surface area (Å²) in [5, 5.41) is 4.12. The van der Waals surface area contributed by atoms with Crippen molar-refractivity contribution in [2.45, 2.75) is 19.9 Å². The predicted octanol–water partition coefficient (Wildman–Crippen LogP) is 6.44. The first-order valence-corrected chi connectivity index (χ1v) is 8.61. The van der Waals surface area contributed by atoms with E-state index in [1.165, 1.54) is 5.56 Å². The summed E-state index contributed by atoms with van der Waals surface area (Å²) in [5.74, 6) is 0.783. The van der Waals surface area contributed by atoms with Gasteiger partial charge in [0.05, 0.1) is 16.8 Å². The van der Waals surface area contributed by atoms with Gasteiger partial charge in [-0.1, -0.05) is 39.7 Å². The molecule has 0 amide bonds. The summed E-state index contributed by atoms with van der Waals surface area (Å²) in [4.78, 5) is 0. The molecule has 2 aromatic carbocycles. The van der Waals surface area contributed by atoms with Crippen LogP contribution in [0.5, 0.6) is 5.75 Å². The molecule has 2 rings (SSSR count). The Morgan fingerprint density at radius 1 is 1.19 bits per heavy atom. The van der Waals surface area contributed by atoms with Gasteiger partial charge in [0.1, 0.15) is 0 Å². The Labute approximate surface area is 147 Å². The molecule has 0 aliphatic carbocycles. The van der Waals surface area contributed by atoms with Crippen LogP contribution in [0.3, 0.4) is 0 Å². The van der Waals surface area contributed by atoms with Crippen LogP contribution in [0.2, 0.25) is 5.02 Å². The van der Waals surface area contributed by atoms with Crippen LogP contribution in [0, 0.1) is 0 Å². The van der Waals surface area contributed by atoms with Crippen molar-refractivity contribution in [2.75, 3.05) is 11.9 Å². The Morgan fingerprint density at radius 2 is 1.86 bits per heavy atom. The van der Waals surface area contributed by atoms with E-state index in [0.29, 0.717) is 11.6 Å². The zero-order chi connectivity index (χ0) is 15.4. The molecule has 0 radical (unpaired) electrons. The monoisotopic (exact) mass is 431 g/mol. The smallest absolute Gasteiger partial charge is 0.156 e. The van der Waals surface area contributed by atoms with E-state index in [4.69, 9.17) is 16.3 Å². The van der Waals surface area contributed by atoms with E-state index in [0.717, 1.165) is 20.4 Å². The van der Waals surface area contributed by atoms with Gasteiger partial charge in [0.25, 0.3) is 0 Å². The molecule has 2 nitrogen and oxygen atoms in total. The number of halogens is 3. The number of benzene rings is 2. The van der Waals surface area contributed by atoms with Gasteiger partial charge in [0.2, 0.25) is 0 Å². The molecule has 1 atom stereocenters. The number of ether oxygens (including phenoxy) is 1. The quantitative estimate of drug-likeness (QED) is 0.586. The molecular weight excluding hydrogens is 417 g/mol. The van der Waals surface area contributed by atoms with Gasteiger partial charge in [-0.3, -0.25) is 0 Å². The minimum absolute atomic E-state index is 0.141. The van der Waals surface area contributed by atoms with Crippen LogP contribution in [0.4, 0.5) is 5.69 Å². The third-order valence-electron chi connectivity index (χ3n) is 3.04. The van der Waals surface area contributed by atoms with Crippen molar-refractivity contribution in [3.8, 4) is 5.75 Å². The number of nitrogens with one attached hydrogen (secondary N) is 1. The van der Waals surface area contributed by atoms with Crippen molar-refractivity contribution in [2.24, 2.45) is 0 Å². The number of hydrogen-bond acceptors (Lipinski definition) is 2. The molecule has 1 unspecified atom stereocenters. The summed E-state index contributed by atoms with van der Waals surface area (Å²) < 4.78 is 7.62. The van der Waals surface area contributed by atoms with Gasteiger partial charge in [-0.2, -0.15) is 0 Å². The second-order valence-electron chi connectivity index (χ2n) is 4.61. The fraction of sp³-hybridized carbons (Fsp3) is 0.250. The predicted molar refractivity (Wildman–Crippen MR) is 96.5 cm³/mol. The van der Waals surface area contributed by atoms with Gasteiger partial charge in [-0.15, -0.1) is 0 Å². The molecule has 2 aromatic rings. The van der Waals surface area contributed by atoms with Crippen LogP contribution in [0.15, 0.2) is 45.3 Å². The summed E-state index contributed by atoms with van der Waals surface area (Å²) in [6.45, 7) is 4.67. The van der Waals surface area contributed by atoms with Crippen LogP contribution in [-0.2, 0) is 0 Å². The first-order valence-electron chi connectivity index (χ1n) is 6.65. The molecule has 112 valence electrons. The summed E-state index contributed by atoms with van der Waals surface area (Å²) in [5.41, 5.74) is 2.07. The molecule has 0 aliphatic heterocycles. The topological polar surface area (TPSA) is 21.3 Å². The third kappa shape index (κ3) is 4.38. The highest BCUT2D eigenvalue weighted by Gasteiger charge is 2.13. The molecule has 0 saturated heterocycles. The Bertz CT molecular complexity index is 616. The van der Waals surface area contributed by atoms with E-state index in [2.05, 4.69) is 56.2 Å². The van der Waals surface area contributed by atoms with E-state index in [-0.39, 0.29) is 6.04 Å². The van der Waals surface area contributed by atoms with Crippen LogP contribution in [-0.4, -0.2) is 6.61 Å². The van der Waals surface area contributed by atoms with E-state index in [1.54, 1.807) is 0 Å². The summed E-state index contributed by atoms with van der Waals surface area (Å²) in [6.07, 6.45) is 0. The average molecular weight is 434 g/mol. The normalized spacial score (nSPS) is 12.0. The third-order valence-corrected chi connectivity index (χ3v) is 4.37. The second kappa shape index (κ2) is 7.52. The van der Waals surface area contributed by atoms with Crippen molar-refractivity contribution < 1.29 is 4.74 Å². The average Bonchev–Trinajstić information content (AvgIpc) is 2.43. The maximum atomic E-state index is 6.14. The number of hydrogen-bond donors (Lipinski definition) is 1. The van der Waals surface area contributed by atoms with Gasteiger partial charge in [-0.25, -0.2) is 0 Å². The lowest BCUT2D eigenvalue weighted by atomic mass is 10.1. The van der Waals surface area contributed by atoms with Gasteiger partial charge < -0.3 is 10.1 Å². The number of rotatable bonds is 5. The molecule has 0 aromatic heterocycles. The maximum Gasteiger partial charge on any atom is 0.156 e. The van der Waals surface area contributed by atoms with Crippen molar-refractivity contribution in [1.29, 1.82) is 0 Å². The molecule has 0 fully saturated rings. The zero-order valence-corrected chi connectivity index (χ0v) is 15.7. The molecule has 21 heavy (non-hydrogen) atoms. The van der Waals surface area contributed by atoms with Crippen LogP contribution >= 0.6 is 43.5 Å². The van der Waals surface area contributed by atoms with E-state index >= 15 is 0 Å². The summed E-state index contributed by atoms with van der Waals surface area (Å²) >= 11 is 13.1. The maximum absolute atomic E-state index is 6.14. The Balaban J connectivity index is 2.27. The summed E-state index contributed by atoms with van der Waals surface area (Å²) in [7, 11) is 0. The molecule has 0 bridgehead atoms. The highest BCUT2D eigenvalue weighted by molar-refractivity contribution is 9.10. The molecule has 5 heteroatoms. The van der Waals surface area contributed by atoms with Gasteiger partial charge >= 0.3 is 0 Å². The van der Waals surface area contributed by atoms with Crippen LogP contribution in [0.1, 0.15) is 25.5 Å². The van der Waals surface area contributed by atoms with Gasteiger partial charge in [0.15, 0.2) is 5.75 Å². The zero-order valence-electron chi connectivity index (χ0n) is 11.8. The fourth-order valence-corrected chi connectivity index (χ4v) is 3.22. The Hall–Kier alpha value is -0.710. The van der Waals surface area contributed by atoms with E-state index < -0.39 is 0 Å². The molecule has 0 spiro atoms. The minimum Gasteiger partial charge on any atom is -0.491 e. The highest BCUT2D eigenvalue weighted by atomic mass is 79.9. The van der Waals surface area contributed by atoms with Crippen molar-refractivity contribution >= 4 is 49.1 Å². The SMILES string of the molecule is CCOc1c(Br)cc(Cl)cc1NC(C)c1ccc(Br)cc1. The highest BCUT2D eigenvalue weighted by Crippen LogP contribution is 2.38. The lowest BCUT2D eigenvalue weighted by molar-refractivity contribution is 0.339. The van der Waals surface area contributed by atoms with Gasteiger partial charge in [-0.05, 0) is 59.6 Å². The second-order valence-corrected chi connectivity index (χ2v) is 6.82. The fourth-order valence-electron chi connectivity index (χ4n) is 2.03. The van der Waals surface area contributed by atoms with Crippen molar-refractivity contribution in [1.82, 2.24) is 0 Å². The first-order chi connectivity index (χ1) is 10.0.